The van der Waals surface area contributed by atoms with E-state index in [0.29, 0.717) is 0 Å². The molecule has 0 saturated carbocycles. The minimum atomic E-state index is -4.60. The monoisotopic (exact) mass is 428 g/mol. The number of anilines is 1. The zero-order chi connectivity index (χ0) is 20.9. The van der Waals surface area contributed by atoms with E-state index in [1.165, 1.54) is 24.3 Å². The number of carbonyl (C=O) groups is 1. The molecule has 12 heteroatoms. The third kappa shape index (κ3) is 6.80. The topological polar surface area (TPSA) is 60.5 Å². The van der Waals surface area contributed by atoms with E-state index in [0.717, 1.165) is 12.3 Å². The van der Waals surface area contributed by atoms with Gasteiger partial charge in [-0.25, -0.2) is 4.98 Å². The average Bonchev–Trinajstić information content (AvgIpc) is 2.58. The number of halogens is 7. The Kier molecular flexibility index (Phi) is 6.60. The number of nitrogens with zero attached hydrogens (tertiary/aromatic N) is 1. The number of hydrogen-bond acceptors (Lipinski definition) is 4. The molecular formula is C16H11ClF6N2O3. The lowest BCUT2D eigenvalue weighted by Crippen LogP contribution is -2.21. The number of nitrogens with one attached hydrogen (secondary N) is 1. The van der Waals surface area contributed by atoms with Gasteiger partial charge in [0, 0.05) is 6.20 Å². The zero-order valence-corrected chi connectivity index (χ0v) is 14.5. The van der Waals surface area contributed by atoms with Gasteiger partial charge in [-0.3, -0.25) is 4.79 Å². The van der Waals surface area contributed by atoms with Gasteiger partial charge in [-0.2, -0.15) is 26.3 Å². The van der Waals surface area contributed by atoms with E-state index in [-0.39, 0.29) is 22.0 Å². The Labute approximate surface area is 159 Å². The smallest absolute Gasteiger partial charge is 0.422 e. The molecule has 1 aromatic carbocycles. The van der Waals surface area contributed by atoms with Crippen LogP contribution in [0.15, 0.2) is 36.5 Å². The summed E-state index contributed by atoms with van der Waals surface area (Å²) in [4.78, 5) is 15.8. The van der Waals surface area contributed by atoms with Gasteiger partial charge in [-0.05, 0) is 18.2 Å². The Morgan fingerprint density at radius 2 is 1.64 bits per heavy atom. The van der Waals surface area contributed by atoms with Gasteiger partial charge in [0.05, 0.1) is 11.3 Å². The standard InChI is InChI=1S/C16H11ClF6N2O3/c17-10-5-9(6-24-14(10)28-8-16(21,22)23)13(26)25-11-3-1-2-4-12(11)27-7-15(18,19)20/h1-6H,7-8H2,(H,25,26). The first-order chi connectivity index (χ1) is 12.9. The number of rotatable bonds is 6. The molecule has 0 bridgehead atoms. The van der Waals surface area contributed by atoms with Crippen LogP contribution in [0.5, 0.6) is 11.6 Å². The maximum absolute atomic E-state index is 12.3. The highest BCUT2D eigenvalue weighted by Crippen LogP contribution is 2.28. The van der Waals surface area contributed by atoms with E-state index >= 15 is 0 Å². The lowest BCUT2D eigenvalue weighted by Gasteiger charge is -2.14. The predicted octanol–water partition coefficient (Wildman–Crippen LogP) is 4.87. The Bertz CT molecular complexity index is 842. The Morgan fingerprint density at radius 1 is 1.04 bits per heavy atom. The van der Waals surface area contributed by atoms with Gasteiger partial charge < -0.3 is 14.8 Å². The van der Waals surface area contributed by atoms with Crippen LogP contribution >= 0.6 is 11.6 Å². The highest BCUT2D eigenvalue weighted by molar-refractivity contribution is 6.32. The molecule has 0 radical (unpaired) electrons. The first-order valence-electron chi connectivity index (χ1n) is 7.39. The van der Waals surface area contributed by atoms with Crippen molar-refractivity contribution in [3.63, 3.8) is 0 Å². The van der Waals surface area contributed by atoms with Crippen LogP contribution < -0.4 is 14.8 Å². The summed E-state index contributed by atoms with van der Waals surface area (Å²) in [7, 11) is 0. The minimum Gasteiger partial charge on any atom is -0.482 e. The van der Waals surface area contributed by atoms with Crippen LogP contribution in [0.2, 0.25) is 5.02 Å². The van der Waals surface area contributed by atoms with Crippen LogP contribution in [0.3, 0.4) is 0 Å². The zero-order valence-electron chi connectivity index (χ0n) is 13.7. The number of para-hydroxylation sites is 2. The number of benzene rings is 1. The summed E-state index contributed by atoms with van der Waals surface area (Å²) >= 11 is 5.75. The molecule has 0 saturated heterocycles. The fourth-order valence-corrected chi connectivity index (χ4v) is 2.08. The maximum atomic E-state index is 12.3. The summed E-state index contributed by atoms with van der Waals surface area (Å²) in [6.07, 6.45) is -8.26. The second-order valence-electron chi connectivity index (χ2n) is 5.27. The summed E-state index contributed by atoms with van der Waals surface area (Å²) < 4.78 is 82.4. The van der Waals surface area contributed by atoms with Crippen molar-refractivity contribution in [3.8, 4) is 11.6 Å². The number of amides is 1. The van der Waals surface area contributed by atoms with Crippen LogP contribution in [0.25, 0.3) is 0 Å². The summed E-state index contributed by atoms with van der Waals surface area (Å²) in [6, 6.07) is 6.40. The van der Waals surface area contributed by atoms with E-state index in [1.54, 1.807) is 0 Å². The maximum Gasteiger partial charge on any atom is 0.422 e. The van der Waals surface area contributed by atoms with Crippen LogP contribution in [0.1, 0.15) is 10.4 Å². The average molecular weight is 429 g/mol. The molecule has 1 amide bonds. The number of hydrogen-bond donors (Lipinski definition) is 1. The number of alkyl halides is 6. The van der Waals surface area contributed by atoms with Crippen LogP contribution in [0.4, 0.5) is 32.0 Å². The van der Waals surface area contributed by atoms with Gasteiger partial charge in [-0.15, -0.1) is 0 Å². The molecule has 2 rings (SSSR count). The van der Waals surface area contributed by atoms with Crippen LogP contribution in [-0.2, 0) is 0 Å². The third-order valence-corrected chi connectivity index (χ3v) is 3.24. The SMILES string of the molecule is O=C(Nc1ccccc1OCC(F)(F)F)c1cnc(OCC(F)(F)F)c(Cl)c1. The molecule has 152 valence electrons. The molecule has 1 N–H and O–H groups in total. The van der Waals surface area contributed by atoms with Crippen molar-refractivity contribution in [1.29, 1.82) is 0 Å². The first kappa shape index (κ1) is 21.6. The van der Waals surface area contributed by atoms with Gasteiger partial charge in [-0.1, -0.05) is 23.7 Å². The molecule has 1 aromatic heterocycles. The van der Waals surface area contributed by atoms with E-state index < -0.39 is 37.4 Å². The summed E-state index contributed by atoms with van der Waals surface area (Å²) in [5, 5.41) is 1.97. The normalized spacial score (nSPS) is 11.8. The van der Waals surface area contributed by atoms with Gasteiger partial charge in [0.25, 0.3) is 5.91 Å². The van der Waals surface area contributed by atoms with E-state index in [4.69, 9.17) is 11.6 Å². The molecule has 0 fully saturated rings. The van der Waals surface area contributed by atoms with Gasteiger partial charge in [0.1, 0.15) is 10.8 Å². The summed E-state index contributed by atoms with van der Waals surface area (Å²) in [6.45, 7) is -3.17. The van der Waals surface area contributed by atoms with Crippen LogP contribution in [0, 0.1) is 0 Å². The highest BCUT2D eigenvalue weighted by atomic mass is 35.5. The van der Waals surface area contributed by atoms with Crippen molar-refractivity contribution >= 4 is 23.2 Å². The number of ether oxygens (including phenoxy) is 2. The second-order valence-corrected chi connectivity index (χ2v) is 5.68. The second kappa shape index (κ2) is 8.55. The fourth-order valence-electron chi connectivity index (χ4n) is 1.86. The van der Waals surface area contributed by atoms with Crippen molar-refractivity contribution in [2.75, 3.05) is 18.5 Å². The van der Waals surface area contributed by atoms with Gasteiger partial charge >= 0.3 is 12.4 Å². The molecule has 0 aliphatic rings. The number of carbonyl (C=O) groups excluding carboxylic acids is 1. The van der Waals surface area contributed by atoms with Crippen molar-refractivity contribution in [2.45, 2.75) is 12.4 Å². The lowest BCUT2D eigenvalue weighted by atomic mass is 10.2. The molecule has 0 spiro atoms. The van der Waals surface area contributed by atoms with Crippen molar-refractivity contribution in [3.05, 3.63) is 47.1 Å². The van der Waals surface area contributed by atoms with Gasteiger partial charge in [0.2, 0.25) is 5.88 Å². The highest BCUT2D eigenvalue weighted by Gasteiger charge is 2.30. The third-order valence-electron chi connectivity index (χ3n) is 2.97. The van der Waals surface area contributed by atoms with Crippen molar-refractivity contribution in [2.24, 2.45) is 0 Å². The Balaban J connectivity index is 2.10. The molecule has 28 heavy (non-hydrogen) atoms. The minimum absolute atomic E-state index is 0.0507. The molecule has 0 aliphatic carbocycles. The van der Waals surface area contributed by atoms with Crippen LogP contribution in [-0.4, -0.2) is 36.5 Å². The molecule has 0 aliphatic heterocycles. The summed E-state index contributed by atoms with van der Waals surface area (Å²) in [5.41, 5.74) is -0.208. The van der Waals surface area contributed by atoms with E-state index in [2.05, 4.69) is 19.8 Å². The summed E-state index contributed by atoms with van der Waals surface area (Å²) in [5.74, 6) is -1.57. The first-order valence-corrected chi connectivity index (χ1v) is 7.77. The number of aromatic nitrogens is 1. The largest absolute Gasteiger partial charge is 0.482 e. The number of pyridine rings is 1. The molecule has 2 aromatic rings. The lowest BCUT2D eigenvalue weighted by molar-refractivity contribution is -0.154. The molecule has 5 nitrogen and oxygen atoms in total. The molecule has 0 atom stereocenters. The Morgan fingerprint density at radius 3 is 2.25 bits per heavy atom. The predicted molar refractivity (Wildman–Crippen MR) is 86.7 cm³/mol. The van der Waals surface area contributed by atoms with Crippen molar-refractivity contribution in [1.82, 2.24) is 4.98 Å². The molecule has 1 heterocycles. The van der Waals surface area contributed by atoms with Gasteiger partial charge in [0.15, 0.2) is 13.2 Å². The Hall–Kier alpha value is -2.69. The van der Waals surface area contributed by atoms with Crippen molar-refractivity contribution < 1.29 is 40.6 Å². The van der Waals surface area contributed by atoms with E-state index in [9.17, 15) is 31.1 Å². The van der Waals surface area contributed by atoms with E-state index in [1.807, 2.05) is 0 Å². The molecular weight excluding hydrogens is 418 g/mol. The molecule has 0 unspecified atom stereocenters. The fraction of sp³-hybridized carbons (Fsp3) is 0.250. The quantitative estimate of drug-likeness (QED) is 0.667.